The van der Waals surface area contributed by atoms with Gasteiger partial charge in [0.2, 0.25) is 0 Å². The lowest BCUT2D eigenvalue weighted by Crippen LogP contribution is -2.74. The van der Waals surface area contributed by atoms with Crippen LogP contribution in [0.1, 0.15) is 0 Å². The van der Waals surface area contributed by atoms with E-state index in [2.05, 4.69) is 5.32 Å². The van der Waals surface area contributed by atoms with Crippen LogP contribution in [0.25, 0.3) is 0 Å². The van der Waals surface area contributed by atoms with Gasteiger partial charge in [0.05, 0.1) is 12.7 Å². The van der Waals surface area contributed by atoms with Crippen molar-refractivity contribution >= 4 is 0 Å². The van der Waals surface area contributed by atoms with Gasteiger partial charge in [-0.2, -0.15) is 0 Å². The average Bonchev–Trinajstić information content (AvgIpc) is 2.09. The van der Waals surface area contributed by atoms with E-state index in [4.69, 9.17) is 15.9 Å². The fourth-order valence-electron chi connectivity index (χ4n) is 1.18. The summed E-state index contributed by atoms with van der Waals surface area (Å²) in [5, 5.41) is 38.9. The molecule has 1 fully saturated rings. The Bertz CT molecular complexity index is 168. The molecule has 72 valence electrons. The number of aliphatic hydroxyl groups is 4. The minimum Gasteiger partial charge on any atom is -0.393 e. The number of β-amino-alcohol motifs (C(OH)–C–C–N with tert-alkyl or cyclic N) is 1. The molecule has 4 unspecified atom stereocenters. The summed E-state index contributed by atoms with van der Waals surface area (Å²) in [4.78, 5) is 0. The first kappa shape index (κ1) is 9.85. The summed E-state index contributed by atoms with van der Waals surface area (Å²) in [7, 11) is 0. The smallest absolute Gasteiger partial charge is 0.119 e. The van der Waals surface area contributed by atoms with Crippen LogP contribution in [0, 0.1) is 0 Å². The highest BCUT2D eigenvalue weighted by Gasteiger charge is 2.44. The fraction of sp³-hybridized carbons (Fsp3) is 1.00. The summed E-state index contributed by atoms with van der Waals surface area (Å²) >= 11 is 0. The summed E-state index contributed by atoms with van der Waals surface area (Å²) in [6.45, 7) is -0.451. The van der Waals surface area contributed by atoms with Crippen LogP contribution in [0.5, 0.6) is 0 Å². The van der Waals surface area contributed by atoms with Crippen LogP contribution >= 0.6 is 0 Å². The molecule has 0 saturated carbocycles. The van der Waals surface area contributed by atoms with Gasteiger partial charge in [0.15, 0.2) is 0 Å². The standard InChI is InChI=1S/C6H14N2O4/c7-6(2-9)5(12)4(11)3(10)1-8-6/h3-5,8-12H,1-2,7H2. The molecule has 0 aromatic rings. The summed E-state index contributed by atoms with van der Waals surface area (Å²) in [5.74, 6) is 0. The second-order valence-electron chi connectivity index (χ2n) is 3.08. The molecule has 0 radical (unpaired) electrons. The zero-order chi connectivity index (χ0) is 9.35. The molecule has 0 amide bonds. The zero-order valence-electron chi connectivity index (χ0n) is 6.51. The molecule has 1 heterocycles. The number of aliphatic hydroxyl groups excluding tert-OH is 4. The number of nitrogens with one attached hydrogen (secondary N) is 1. The van der Waals surface area contributed by atoms with Gasteiger partial charge < -0.3 is 26.2 Å². The minimum atomic E-state index is -1.42. The molecule has 1 saturated heterocycles. The first-order valence-electron chi connectivity index (χ1n) is 3.70. The SMILES string of the molecule is NC1(CO)NCC(O)C(O)C1O. The lowest BCUT2D eigenvalue weighted by molar-refractivity contribution is -0.131. The Labute approximate surface area is 69.6 Å². The number of rotatable bonds is 1. The molecule has 1 aliphatic rings. The fourth-order valence-corrected chi connectivity index (χ4v) is 1.18. The molecule has 0 aromatic heterocycles. The number of nitrogens with two attached hydrogens (primary N) is 1. The normalized spacial score (nSPS) is 49.2. The van der Waals surface area contributed by atoms with E-state index in [-0.39, 0.29) is 6.54 Å². The van der Waals surface area contributed by atoms with Gasteiger partial charge >= 0.3 is 0 Å². The van der Waals surface area contributed by atoms with Crippen LogP contribution < -0.4 is 11.1 Å². The Morgan fingerprint density at radius 3 is 2.50 bits per heavy atom. The largest absolute Gasteiger partial charge is 0.393 e. The van der Waals surface area contributed by atoms with E-state index >= 15 is 0 Å². The minimum absolute atomic E-state index is 0.0509. The van der Waals surface area contributed by atoms with Crippen molar-refractivity contribution < 1.29 is 20.4 Å². The van der Waals surface area contributed by atoms with Gasteiger partial charge in [0.25, 0.3) is 0 Å². The highest BCUT2D eigenvalue weighted by molar-refractivity contribution is 5.00. The average molecular weight is 178 g/mol. The molecular weight excluding hydrogens is 164 g/mol. The topological polar surface area (TPSA) is 119 Å². The molecular formula is C6H14N2O4. The van der Waals surface area contributed by atoms with E-state index in [0.29, 0.717) is 0 Å². The molecule has 0 spiro atoms. The molecule has 7 N–H and O–H groups in total. The van der Waals surface area contributed by atoms with Crippen molar-refractivity contribution in [3.63, 3.8) is 0 Å². The summed E-state index contributed by atoms with van der Waals surface area (Å²) in [6, 6.07) is 0. The van der Waals surface area contributed by atoms with Crippen LogP contribution in [0.4, 0.5) is 0 Å². The molecule has 12 heavy (non-hydrogen) atoms. The van der Waals surface area contributed by atoms with Crippen molar-refractivity contribution in [3.8, 4) is 0 Å². The van der Waals surface area contributed by atoms with E-state index in [9.17, 15) is 10.2 Å². The summed E-state index contributed by atoms with van der Waals surface area (Å²) < 4.78 is 0. The van der Waals surface area contributed by atoms with E-state index in [0.717, 1.165) is 0 Å². The Hall–Kier alpha value is -0.240. The summed E-state index contributed by atoms with van der Waals surface area (Å²) in [6.07, 6.45) is -3.74. The molecule has 0 aromatic carbocycles. The lowest BCUT2D eigenvalue weighted by Gasteiger charge is -2.42. The van der Waals surface area contributed by atoms with E-state index in [1.54, 1.807) is 0 Å². The van der Waals surface area contributed by atoms with Crippen LogP contribution in [0.15, 0.2) is 0 Å². The van der Waals surface area contributed by atoms with Crippen LogP contribution in [-0.4, -0.2) is 57.6 Å². The van der Waals surface area contributed by atoms with Crippen LogP contribution in [0.2, 0.25) is 0 Å². The zero-order valence-corrected chi connectivity index (χ0v) is 6.51. The van der Waals surface area contributed by atoms with Crippen LogP contribution in [0.3, 0.4) is 0 Å². The number of hydrogen-bond acceptors (Lipinski definition) is 6. The molecule has 0 bridgehead atoms. The van der Waals surface area contributed by atoms with Gasteiger partial charge in [-0.25, -0.2) is 0 Å². The predicted molar refractivity (Wildman–Crippen MR) is 40.0 cm³/mol. The van der Waals surface area contributed by atoms with Gasteiger partial charge in [-0.1, -0.05) is 0 Å². The van der Waals surface area contributed by atoms with Gasteiger partial charge in [-0.05, 0) is 0 Å². The maximum atomic E-state index is 9.31. The maximum absolute atomic E-state index is 9.31. The highest BCUT2D eigenvalue weighted by Crippen LogP contribution is 2.15. The molecule has 0 aliphatic carbocycles. The molecule has 4 atom stereocenters. The van der Waals surface area contributed by atoms with Crippen molar-refractivity contribution in [1.82, 2.24) is 5.32 Å². The molecule has 1 aliphatic heterocycles. The van der Waals surface area contributed by atoms with Crippen molar-refractivity contribution in [2.45, 2.75) is 24.0 Å². The van der Waals surface area contributed by atoms with Gasteiger partial charge in [0.1, 0.15) is 17.9 Å². The molecule has 6 heteroatoms. The second kappa shape index (κ2) is 3.25. The van der Waals surface area contributed by atoms with Crippen LogP contribution in [-0.2, 0) is 0 Å². The van der Waals surface area contributed by atoms with Gasteiger partial charge in [-0.15, -0.1) is 0 Å². The third-order valence-corrected chi connectivity index (χ3v) is 2.15. The highest BCUT2D eigenvalue weighted by atomic mass is 16.4. The lowest BCUT2D eigenvalue weighted by atomic mass is 9.91. The predicted octanol–water partition coefficient (Wildman–Crippen LogP) is -3.68. The summed E-state index contributed by atoms with van der Waals surface area (Å²) in [5.41, 5.74) is 4.05. The van der Waals surface area contributed by atoms with Gasteiger partial charge in [-0.3, -0.25) is 5.32 Å². The maximum Gasteiger partial charge on any atom is 0.119 e. The third kappa shape index (κ3) is 1.45. The van der Waals surface area contributed by atoms with Crippen molar-refractivity contribution in [3.05, 3.63) is 0 Å². The monoisotopic (exact) mass is 178 g/mol. The Kier molecular flexibility index (Phi) is 2.67. The second-order valence-corrected chi connectivity index (χ2v) is 3.08. The van der Waals surface area contributed by atoms with Crippen molar-refractivity contribution in [2.75, 3.05) is 13.2 Å². The Morgan fingerprint density at radius 1 is 1.42 bits per heavy atom. The first-order chi connectivity index (χ1) is 5.51. The third-order valence-electron chi connectivity index (χ3n) is 2.15. The van der Waals surface area contributed by atoms with Gasteiger partial charge in [0, 0.05) is 6.54 Å². The Balaban J connectivity index is 2.71. The van der Waals surface area contributed by atoms with E-state index < -0.39 is 30.6 Å². The molecule has 6 nitrogen and oxygen atoms in total. The van der Waals surface area contributed by atoms with E-state index in [1.807, 2.05) is 0 Å². The van der Waals surface area contributed by atoms with E-state index in [1.165, 1.54) is 0 Å². The number of hydrogen-bond donors (Lipinski definition) is 6. The molecule has 1 rings (SSSR count). The number of piperidine rings is 1. The van der Waals surface area contributed by atoms with Crippen molar-refractivity contribution in [2.24, 2.45) is 5.73 Å². The Morgan fingerprint density at radius 2 is 2.00 bits per heavy atom. The van der Waals surface area contributed by atoms with Crippen molar-refractivity contribution in [1.29, 1.82) is 0 Å². The quantitative estimate of drug-likeness (QED) is 0.246. The first-order valence-corrected chi connectivity index (χ1v) is 3.70.